The van der Waals surface area contributed by atoms with Gasteiger partial charge in [0, 0.05) is 42.5 Å². The fourth-order valence-corrected chi connectivity index (χ4v) is 5.22. The summed E-state index contributed by atoms with van der Waals surface area (Å²) in [6.45, 7) is 0. The minimum Gasteiger partial charge on any atom is -0.299 e. The number of nitrogens with zero attached hydrogens (tertiary/aromatic N) is 4. The molecule has 180 valence electrons. The Bertz CT molecular complexity index is 1800. The standard InChI is InChI=1S/C26H19F2N5O2S/c1-32-14-18(13-30-32)16-2-7-26-25(10-16)29-15-33(26)21-9-17(23-6-3-19(27)11-24(23)28)8-20(12-21)31-36(34,35)22-4-5-22/h2-4,6-15,31H,5H2,1H3. The summed E-state index contributed by atoms with van der Waals surface area (Å²) in [6.07, 6.45) is 7.31. The molecule has 1 N–H and O–H groups in total. The van der Waals surface area contributed by atoms with E-state index >= 15 is 0 Å². The molecule has 2 heterocycles. The number of benzene rings is 3. The van der Waals surface area contributed by atoms with Crippen molar-refractivity contribution in [1.29, 1.82) is 0 Å². The molecule has 0 fully saturated rings. The molecule has 0 unspecified atom stereocenters. The summed E-state index contributed by atoms with van der Waals surface area (Å²) in [6, 6.07) is 14.0. The monoisotopic (exact) mass is 503 g/mol. The number of sulfonamides is 1. The van der Waals surface area contributed by atoms with Crippen molar-refractivity contribution >= 4 is 26.7 Å². The van der Waals surface area contributed by atoms with Crippen molar-refractivity contribution in [2.24, 2.45) is 7.05 Å². The highest BCUT2D eigenvalue weighted by molar-refractivity contribution is 7.96. The van der Waals surface area contributed by atoms with Crippen LogP contribution in [0.1, 0.15) is 6.42 Å². The van der Waals surface area contributed by atoms with Crippen molar-refractivity contribution < 1.29 is 17.2 Å². The first-order valence-electron chi connectivity index (χ1n) is 11.1. The van der Waals surface area contributed by atoms with Gasteiger partial charge in [-0.25, -0.2) is 22.2 Å². The normalized spacial score (nSPS) is 13.1. The van der Waals surface area contributed by atoms with Gasteiger partial charge in [0.25, 0.3) is 10.0 Å². The first-order valence-corrected chi connectivity index (χ1v) is 12.5. The Labute approximate surface area is 205 Å². The predicted octanol–water partition coefficient (Wildman–Crippen LogP) is 5.40. The van der Waals surface area contributed by atoms with Crippen LogP contribution >= 0.6 is 0 Å². The van der Waals surface area contributed by atoms with E-state index in [1.54, 1.807) is 40.0 Å². The third-order valence-corrected chi connectivity index (χ3v) is 7.52. The Morgan fingerprint density at radius 2 is 1.81 bits per heavy atom. The number of aromatic nitrogens is 4. The van der Waals surface area contributed by atoms with E-state index in [1.165, 1.54) is 12.1 Å². The number of imidazole rings is 1. The van der Waals surface area contributed by atoms with Crippen LogP contribution in [0.2, 0.25) is 0 Å². The second kappa shape index (κ2) is 8.13. The van der Waals surface area contributed by atoms with Crippen molar-refractivity contribution in [2.45, 2.75) is 6.42 Å². The molecule has 0 spiro atoms. The largest absolute Gasteiger partial charge is 0.299 e. The van der Waals surface area contributed by atoms with Gasteiger partial charge in [-0.2, -0.15) is 5.10 Å². The maximum atomic E-state index is 14.7. The van der Waals surface area contributed by atoms with Gasteiger partial charge in [0.2, 0.25) is 0 Å². The number of anilines is 1. The molecule has 6 rings (SSSR count). The number of hydrogen-bond acceptors (Lipinski definition) is 4. The Hall–Kier alpha value is -4.31. The van der Waals surface area contributed by atoms with Gasteiger partial charge in [0.1, 0.15) is 18.0 Å². The number of nitrogens with one attached hydrogen (secondary N) is 1. The van der Waals surface area contributed by atoms with Crippen LogP contribution in [0.15, 0.2) is 84.3 Å². The molecule has 1 aliphatic rings. The van der Waals surface area contributed by atoms with Crippen LogP contribution in [0.3, 0.4) is 0 Å². The zero-order valence-corrected chi connectivity index (χ0v) is 19.8. The third kappa shape index (κ3) is 4.05. The highest BCUT2D eigenvalue weighted by atomic mass is 32.2. The van der Waals surface area contributed by atoms with Crippen LogP contribution in [0.4, 0.5) is 14.5 Å². The lowest BCUT2D eigenvalue weighted by molar-refractivity contribution is 0.585. The molecule has 1 aliphatic carbocycles. The lowest BCUT2D eigenvalue weighted by Crippen LogP contribution is -2.11. The van der Waals surface area contributed by atoms with Gasteiger partial charge >= 0.3 is 0 Å². The van der Waals surface area contributed by atoms with Crippen LogP contribution in [-0.4, -0.2) is 27.7 Å². The molecule has 10 heteroatoms. The Morgan fingerprint density at radius 3 is 2.53 bits per heavy atom. The van der Waals surface area contributed by atoms with Gasteiger partial charge < -0.3 is 0 Å². The number of hydrogen-bond donors (Lipinski definition) is 1. The van der Waals surface area contributed by atoms with Gasteiger partial charge in [-0.15, -0.1) is 0 Å². The second-order valence-corrected chi connectivity index (χ2v) is 10.3. The summed E-state index contributed by atoms with van der Waals surface area (Å²) in [5.41, 5.74) is 4.76. The number of halogens is 2. The van der Waals surface area contributed by atoms with Gasteiger partial charge in [-0.3, -0.25) is 14.0 Å². The van der Waals surface area contributed by atoms with Gasteiger partial charge in [-0.05, 0) is 53.6 Å². The molecule has 2 aromatic heterocycles. The number of rotatable bonds is 6. The van der Waals surface area contributed by atoms with Crippen LogP contribution in [0.5, 0.6) is 0 Å². The Kier molecular flexibility index (Phi) is 5.01. The average molecular weight is 504 g/mol. The molecule has 5 aromatic rings. The SMILES string of the molecule is Cn1cc(-c2ccc3c(c2)ncn3-c2cc(NS(=O)(=O)C3=CC3)cc(-c3ccc(F)cc3F)c2)cn1. The molecule has 36 heavy (non-hydrogen) atoms. The van der Waals surface area contributed by atoms with E-state index < -0.39 is 21.7 Å². The number of fused-ring (bicyclic) bond motifs is 1. The van der Waals surface area contributed by atoms with E-state index in [1.807, 2.05) is 31.4 Å². The quantitative estimate of drug-likeness (QED) is 0.336. The summed E-state index contributed by atoms with van der Waals surface area (Å²) in [4.78, 5) is 4.83. The van der Waals surface area contributed by atoms with Crippen LogP contribution in [-0.2, 0) is 17.1 Å². The molecule has 0 saturated carbocycles. The summed E-state index contributed by atoms with van der Waals surface area (Å²) in [5, 5.41) is 4.21. The van der Waals surface area contributed by atoms with Crippen molar-refractivity contribution in [2.75, 3.05) is 4.72 Å². The summed E-state index contributed by atoms with van der Waals surface area (Å²) in [7, 11) is -1.85. The first-order chi connectivity index (χ1) is 17.3. The topological polar surface area (TPSA) is 81.8 Å². The highest BCUT2D eigenvalue weighted by Crippen LogP contribution is 2.33. The van der Waals surface area contributed by atoms with E-state index in [2.05, 4.69) is 14.8 Å². The first kappa shape index (κ1) is 22.2. The van der Waals surface area contributed by atoms with E-state index in [0.29, 0.717) is 22.6 Å². The molecule has 0 bridgehead atoms. The molecule has 0 aliphatic heterocycles. The van der Waals surface area contributed by atoms with Gasteiger partial charge in [-0.1, -0.05) is 12.1 Å². The van der Waals surface area contributed by atoms with Crippen LogP contribution < -0.4 is 4.72 Å². The van der Waals surface area contributed by atoms with Crippen molar-refractivity contribution in [3.63, 3.8) is 0 Å². The van der Waals surface area contributed by atoms with Crippen molar-refractivity contribution in [3.8, 4) is 27.9 Å². The summed E-state index contributed by atoms with van der Waals surface area (Å²) in [5.74, 6) is -1.44. The van der Waals surface area contributed by atoms with E-state index in [0.717, 1.165) is 34.3 Å². The Morgan fingerprint density at radius 1 is 0.972 bits per heavy atom. The zero-order valence-electron chi connectivity index (χ0n) is 19.0. The van der Waals surface area contributed by atoms with Crippen molar-refractivity contribution in [1.82, 2.24) is 19.3 Å². The fourth-order valence-electron chi connectivity index (χ4n) is 4.14. The van der Waals surface area contributed by atoms with Crippen LogP contribution in [0, 0.1) is 11.6 Å². The summed E-state index contributed by atoms with van der Waals surface area (Å²) < 4.78 is 59.4. The van der Waals surface area contributed by atoms with E-state index in [-0.39, 0.29) is 11.3 Å². The second-order valence-electron chi connectivity index (χ2n) is 8.59. The number of allylic oxidation sites excluding steroid dienone is 2. The molecule has 3 aromatic carbocycles. The minimum atomic E-state index is -3.69. The zero-order chi connectivity index (χ0) is 25.0. The molecule has 0 amide bonds. The minimum absolute atomic E-state index is 0.146. The molecule has 0 radical (unpaired) electrons. The van der Waals surface area contributed by atoms with Gasteiger partial charge in [0.05, 0.1) is 27.8 Å². The smallest absolute Gasteiger partial charge is 0.258 e. The molecular formula is C26H19F2N5O2S. The fraction of sp³-hybridized carbons (Fsp3) is 0.0769. The third-order valence-electron chi connectivity index (χ3n) is 5.99. The molecular weight excluding hydrogens is 484 g/mol. The number of aryl methyl sites for hydroxylation is 1. The summed E-state index contributed by atoms with van der Waals surface area (Å²) >= 11 is 0. The maximum Gasteiger partial charge on any atom is 0.258 e. The van der Waals surface area contributed by atoms with Crippen LogP contribution in [0.25, 0.3) is 39.0 Å². The molecule has 7 nitrogen and oxygen atoms in total. The van der Waals surface area contributed by atoms with E-state index in [4.69, 9.17) is 0 Å². The van der Waals surface area contributed by atoms with Gasteiger partial charge in [0.15, 0.2) is 0 Å². The maximum absolute atomic E-state index is 14.7. The van der Waals surface area contributed by atoms with E-state index in [9.17, 15) is 17.2 Å². The average Bonchev–Trinajstić information content (AvgIpc) is 3.49. The highest BCUT2D eigenvalue weighted by Gasteiger charge is 2.25. The van der Waals surface area contributed by atoms with Crippen molar-refractivity contribution in [3.05, 3.63) is 95.9 Å². The predicted molar refractivity (Wildman–Crippen MR) is 134 cm³/mol. The molecule has 0 atom stereocenters. The lowest BCUT2D eigenvalue weighted by atomic mass is 10.0. The Balaban J connectivity index is 1.48. The lowest BCUT2D eigenvalue weighted by Gasteiger charge is -2.13. The molecule has 0 saturated heterocycles.